The number of carbonyl (C=O) groups excluding carboxylic acids is 2. The van der Waals surface area contributed by atoms with Crippen LogP contribution in [0.3, 0.4) is 0 Å². The van der Waals surface area contributed by atoms with Gasteiger partial charge in [0.2, 0.25) is 0 Å². The number of methoxy groups -OCH3 is 1. The van der Waals surface area contributed by atoms with E-state index in [0.717, 1.165) is 19.2 Å². The lowest BCUT2D eigenvalue weighted by Gasteiger charge is -2.33. The van der Waals surface area contributed by atoms with E-state index < -0.39 is 41.2 Å². The number of carbonyl (C=O) groups is 2. The zero-order valence-corrected chi connectivity index (χ0v) is 28.0. The molecular formula is C34H38F6N6O4. The highest BCUT2D eigenvalue weighted by atomic mass is 19.4. The number of pyridine rings is 1. The van der Waals surface area contributed by atoms with Crippen LogP contribution in [-0.2, 0) is 22.3 Å². The number of esters is 1. The van der Waals surface area contributed by atoms with Gasteiger partial charge in [0.1, 0.15) is 28.9 Å². The van der Waals surface area contributed by atoms with Gasteiger partial charge in [0.25, 0.3) is 5.91 Å². The van der Waals surface area contributed by atoms with E-state index in [1.54, 1.807) is 0 Å². The third-order valence-electron chi connectivity index (χ3n) is 8.55. The van der Waals surface area contributed by atoms with Crippen molar-refractivity contribution in [1.29, 1.82) is 0 Å². The van der Waals surface area contributed by atoms with Crippen molar-refractivity contribution in [3.8, 4) is 17.0 Å². The molecule has 0 radical (unpaired) electrons. The summed E-state index contributed by atoms with van der Waals surface area (Å²) in [5, 5.41) is 2.62. The SMILES string of the molecule is COc1ccc(-c2ncc(NC(=O)c3cnc(N4CCC(C(=O)OC(C)(C)C)CC4)cn3)cc2CN2CCC[C@H]2C(F)(F)F)cc1C(F)(F)F. The van der Waals surface area contributed by atoms with Gasteiger partial charge in [-0.15, -0.1) is 0 Å². The van der Waals surface area contributed by atoms with E-state index in [0.29, 0.717) is 38.2 Å². The number of hydrogen-bond acceptors (Lipinski definition) is 9. The molecule has 0 saturated carbocycles. The first kappa shape index (κ1) is 36.8. The van der Waals surface area contributed by atoms with Crippen molar-refractivity contribution < 1.29 is 45.4 Å². The lowest BCUT2D eigenvalue weighted by Crippen LogP contribution is -2.40. The molecule has 50 heavy (non-hydrogen) atoms. The van der Waals surface area contributed by atoms with Crippen molar-refractivity contribution >= 4 is 23.4 Å². The number of nitrogens with one attached hydrogen (secondary N) is 1. The molecule has 1 aromatic carbocycles. The smallest absolute Gasteiger partial charge is 0.419 e. The number of ether oxygens (including phenoxy) is 2. The van der Waals surface area contributed by atoms with Crippen molar-refractivity contribution in [3.05, 3.63) is 59.7 Å². The maximum atomic E-state index is 13.8. The van der Waals surface area contributed by atoms with E-state index in [9.17, 15) is 35.9 Å². The fourth-order valence-electron chi connectivity index (χ4n) is 6.17. The van der Waals surface area contributed by atoms with Gasteiger partial charge in [-0.1, -0.05) is 0 Å². The number of halogens is 6. The van der Waals surface area contributed by atoms with Crippen LogP contribution in [0, 0.1) is 5.92 Å². The second-order valence-electron chi connectivity index (χ2n) is 13.3. The summed E-state index contributed by atoms with van der Waals surface area (Å²) < 4.78 is 93.3. The molecule has 2 aromatic heterocycles. The quantitative estimate of drug-likeness (QED) is 0.197. The third kappa shape index (κ3) is 8.81. The molecule has 2 aliphatic rings. The number of nitrogens with zero attached hydrogens (tertiary/aromatic N) is 5. The summed E-state index contributed by atoms with van der Waals surface area (Å²) in [5.41, 5.74) is -1.34. The highest BCUT2D eigenvalue weighted by Gasteiger charge is 2.46. The second kappa shape index (κ2) is 14.4. The normalized spacial score (nSPS) is 17.9. The molecule has 270 valence electrons. The van der Waals surface area contributed by atoms with E-state index in [1.165, 1.54) is 35.6 Å². The zero-order chi connectivity index (χ0) is 36.4. The number of amides is 1. The Balaban J connectivity index is 1.34. The Labute approximate surface area is 285 Å². The molecule has 2 aliphatic heterocycles. The van der Waals surface area contributed by atoms with Crippen LogP contribution in [0.1, 0.15) is 68.1 Å². The van der Waals surface area contributed by atoms with E-state index in [-0.39, 0.29) is 59.6 Å². The van der Waals surface area contributed by atoms with Crippen LogP contribution in [0.25, 0.3) is 11.3 Å². The van der Waals surface area contributed by atoms with Crippen LogP contribution >= 0.6 is 0 Å². The van der Waals surface area contributed by atoms with Crippen LogP contribution in [-0.4, -0.2) is 76.3 Å². The van der Waals surface area contributed by atoms with E-state index in [2.05, 4.69) is 20.3 Å². The summed E-state index contributed by atoms with van der Waals surface area (Å²) in [6.45, 7) is 6.37. The van der Waals surface area contributed by atoms with Crippen molar-refractivity contribution in [2.24, 2.45) is 5.92 Å². The number of benzene rings is 1. The minimum Gasteiger partial charge on any atom is -0.496 e. The third-order valence-corrected chi connectivity index (χ3v) is 8.55. The van der Waals surface area contributed by atoms with Crippen LogP contribution in [0.4, 0.5) is 37.8 Å². The Morgan fingerprint density at radius 2 is 1.64 bits per heavy atom. The van der Waals surface area contributed by atoms with Gasteiger partial charge in [0, 0.05) is 25.2 Å². The number of likely N-dealkylation sites (tertiary alicyclic amines) is 1. The molecular weight excluding hydrogens is 670 g/mol. The lowest BCUT2D eigenvalue weighted by atomic mass is 9.96. The Kier molecular flexibility index (Phi) is 10.6. The summed E-state index contributed by atoms with van der Waals surface area (Å²) in [6, 6.07) is 2.98. The predicted molar refractivity (Wildman–Crippen MR) is 171 cm³/mol. The first-order valence-corrected chi connectivity index (χ1v) is 16.1. The van der Waals surface area contributed by atoms with Gasteiger partial charge in [-0.25, -0.2) is 9.97 Å². The van der Waals surface area contributed by atoms with Crippen LogP contribution in [0.15, 0.2) is 42.9 Å². The highest BCUT2D eigenvalue weighted by Crippen LogP contribution is 2.40. The number of alkyl halides is 6. The number of hydrogen-bond donors (Lipinski definition) is 1. The minimum atomic E-state index is -4.77. The van der Waals surface area contributed by atoms with Crippen molar-refractivity contribution in [2.45, 2.75) is 77.0 Å². The molecule has 4 heterocycles. The van der Waals surface area contributed by atoms with Gasteiger partial charge in [-0.05, 0) is 82.8 Å². The molecule has 0 unspecified atom stereocenters. The Morgan fingerprint density at radius 1 is 0.920 bits per heavy atom. The number of anilines is 2. The van der Waals surface area contributed by atoms with Gasteiger partial charge in [-0.3, -0.25) is 19.5 Å². The lowest BCUT2D eigenvalue weighted by molar-refractivity contribution is -0.177. The first-order chi connectivity index (χ1) is 23.4. The molecule has 0 bridgehead atoms. The monoisotopic (exact) mass is 708 g/mol. The molecule has 2 saturated heterocycles. The Bertz CT molecular complexity index is 1690. The molecule has 3 aromatic rings. The van der Waals surface area contributed by atoms with Crippen molar-refractivity contribution in [2.75, 3.05) is 37.0 Å². The summed E-state index contributed by atoms with van der Waals surface area (Å²) in [6.07, 6.45) is -4.02. The summed E-state index contributed by atoms with van der Waals surface area (Å²) in [5.74, 6) is -1.04. The maximum absolute atomic E-state index is 13.8. The fraction of sp³-hybridized carbons (Fsp3) is 0.500. The number of piperidine rings is 1. The standard InChI is InChI=1S/C34H38F6N6O4/c1-32(2,3)50-31(48)20-9-12-45(13-10-20)28-18-41-25(17-42-28)30(47)44-23-14-22(19-46-11-5-6-27(46)34(38,39)40)29(43-16-23)21-7-8-26(49-4)24(15-21)33(35,36)37/h7-8,14-18,20,27H,5-6,9-13,19H2,1-4H3,(H,44,47)/t27-/m0/s1. The maximum Gasteiger partial charge on any atom is 0.419 e. The van der Waals surface area contributed by atoms with Crippen LogP contribution in [0.5, 0.6) is 5.75 Å². The average molecular weight is 709 g/mol. The molecule has 10 nitrogen and oxygen atoms in total. The molecule has 2 fully saturated rings. The Morgan fingerprint density at radius 3 is 2.24 bits per heavy atom. The van der Waals surface area contributed by atoms with Crippen LogP contribution in [0.2, 0.25) is 0 Å². The van der Waals surface area contributed by atoms with Gasteiger partial charge < -0.3 is 19.7 Å². The van der Waals surface area contributed by atoms with Gasteiger partial charge in [0.05, 0.1) is 48.6 Å². The highest BCUT2D eigenvalue weighted by molar-refractivity contribution is 6.02. The molecule has 1 N–H and O–H groups in total. The molecule has 0 aliphatic carbocycles. The Hall–Kier alpha value is -4.47. The summed E-state index contributed by atoms with van der Waals surface area (Å²) in [7, 11) is 1.10. The predicted octanol–water partition coefficient (Wildman–Crippen LogP) is 6.90. The van der Waals surface area contributed by atoms with Gasteiger partial charge >= 0.3 is 18.3 Å². The number of rotatable bonds is 8. The van der Waals surface area contributed by atoms with Crippen molar-refractivity contribution in [1.82, 2.24) is 19.9 Å². The van der Waals surface area contributed by atoms with E-state index in [4.69, 9.17) is 9.47 Å². The molecule has 1 amide bonds. The zero-order valence-electron chi connectivity index (χ0n) is 28.0. The molecule has 16 heteroatoms. The minimum absolute atomic E-state index is 0.0188. The molecule has 5 rings (SSSR count). The largest absolute Gasteiger partial charge is 0.496 e. The van der Waals surface area contributed by atoms with Gasteiger partial charge in [0.15, 0.2) is 0 Å². The summed E-state index contributed by atoms with van der Waals surface area (Å²) >= 11 is 0. The number of aromatic nitrogens is 3. The summed E-state index contributed by atoms with van der Waals surface area (Å²) in [4.78, 5) is 41.6. The fourth-order valence-corrected chi connectivity index (χ4v) is 6.17. The average Bonchev–Trinajstić information content (AvgIpc) is 3.53. The first-order valence-electron chi connectivity index (χ1n) is 16.1. The van der Waals surface area contributed by atoms with Crippen LogP contribution < -0.4 is 15.0 Å². The van der Waals surface area contributed by atoms with E-state index >= 15 is 0 Å². The second-order valence-corrected chi connectivity index (χ2v) is 13.3. The molecule has 1 atom stereocenters. The molecule has 0 spiro atoms. The topological polar surface area (TPSA) is 110 Å². The van der Waals surface area contributed by atoms with Crippen molar-refractivity contribution in [3.63, 3.8) is 0 Å². The van der Waals surface area contributed by atoms with Gasteiger partial charge in [-0.2, -0.15) is 26.3 Å². The van der Waals surface area contributed by atoms with E-state index in [1.807, 2.05) is 25.7 Å².